The minimum atomic E-state index is -0.255. The number of ether oxygens (including phenoxy) is 3. The fourth-order valence-corrected chi connectivity index (χ4v) is 1.12. The van der Waals surface area contributed by atoms with Gasteiger partial charge >= 0.3 is 5.97 Å². The van der Waals surface area contributed by atoms with Gasteiger partial charge in [-0.15, -0.1) is 0 Å². The molecule has 0 spiro atoms. The average Bonchev–Trinajstić information content (AvgIpc) is 2.22. The van der Waals surface area contributed by atoms with Crippen molar-refractivity contribution >= 4 is 5.97 Å². The maximum atomic E-state index is 11.2. The van der Waals surface area contributed by atoms with Gasteiger partial charge in [0, 0.05) is 46.8 Å². The minimum Gasteiger partial charge on any atom is -0.462 e. The fourth-order valence-electron chi connectivity index (χ4n) is 1.12. The van der Waals surface area contributed by atoms with Crippen LogP contribution in [0.5, 0.6) is 0 Å². The van der Waals surface area contributed by atoms with E-state index in [4.69, 9.17) is 19.9 Å². The number of rotatable bonds is 9. The first-order valence-corrected chi connectivity index (χ1v) is 5.12. The Morgan fingerprint density at radius 2 is 1.73 bits per heavy atom. The van der Waals surface area contributed by atoms with Crippen molar-refractivity contribution in [2.75, 3.05) is 34.0 Å². The van der Waals surface area contributed by atoms with Crippen LogP contribution < -0.4 is 5.73 Å². The van der Waals surface area contributed by atoms with Crippen molar-refractivity contribution in [2.45, 2.75) is 25.4 Å². The summed E-state index contributed by atoms with van der Waals surface area (Å²) in [7, 11) is 3.24. The van der Waals surface area contributed by atoms with Crippen LogP contribution in [0, 0.1) is 0 Å². The first-order chi connectivity index (χ1) is 7.24. The van der Waals surface area contributed by atoms with Crippen molar-refractivity contribution in [2.24, 2.45) is 5.73 Å². The highest BCUT2D eigenvalue weighted by molar-refractivity contribution is 5.69. The lowest BCUT2D eigenvalue weighted by Gasteiger charge is -2.16. The quantitative estimate of drug-likeness (QED) is 0.565. The van der Waals surface area contributed by atoms with Crippen molar-refractivity contribution < 1.29 is 19.0 Å². The number of hydrogen-bond donors (Lipinski definition) is 1. The Kier molecular flexibility index (Phi) is 9.46. The van der Waals surface area contributed by atoms with E-state index in [0.29, 0.717) is 32.6 Å². The van der Waals surface area contributed by atoms with Crippen molar-refractivity contribution in [1.29, 1.82) is 0 Å². The molecule has 0 aliphatic rings. The molecule has 0 aliphatic carbocycles. The molecule has 90 valence electrons. The second-order valence-corrected chi connectivity index (χ2v) is 3.21. The summed E-state index contributed by atoms with van der Waals surface area (Å²) in [6.45, 7) is 1.47. The maximum absolute atomic E-state index is 11.2. The van der Waals surface area contributed by atoms with Crippen LogP contribution in [0.15, 0.2) is 0 Å². The van der Waals surface area contributed by atoms with Gasteiger partial charge in [0.05, 0.1) is 6.42 Å². The lowest BCUT2D eigenvalue weighted by molar-refractivity contribution is -0.150. The number of methoxy groups -OCH3 is 2. The predicted molar refractivity (Wildman–Crippen MR) is 56.5 cm³/mol. The predicted octanol–water partition coefficient (Wildman–Crippen LogP) is 0.320. The Bertz CT molecular complexity index is 156. The molecule has 2 N–H and O–H groups in total. The normalized spacial score (nSPS) is 10.7. The largest absolute Gasteiger partial charge is 0.462 e. The van der Waals surface area contributed by atoms with Gasteiger partial charge in [0.2, 0.25) is 0 Å². The number of esters is 1. The molecule has 0 saturated carbocycles. The average molecular weight is 219 g/mol. The van der Waals surface area contributed by atoms with Crippen molar-refractivity contribution in [3.63, 3.8) is 0 Å². The van der Waals surface area contributed by atoms with Crippen LogP contribution >= 0.6 is 0 Å². The highest BCUT2D eigenvalue weighted by atomic mass is 16.5. The third-order valence-electron chi connectivity index (χ3n) is 1.93. The van der Waals surface area contributed by atoms with Gasteiger partial charge in [-0.1, -0.05) is 0 Å². The van der Waals surface area contributed by atoms with Gasteiger partial charge in [-0.05, 0) is 0 Å². The second kappa shape index (κ2) is 9.89. The monoisotopic (exact) mass is 219 g/mol. The molecule has 0 radical (unpaired) electrons. The summed E-state index contributed by atoms with van der Waals surface area (Å²) in [5.41, 5.74) is 5.26. The lowest BCUT2D eigenvalue weighted by Crippen LogP contribution is -2.23. The van der Waals surface area contributed by atoms with E-state index >= 15 is 0 Å². The maximum Gasteiger partial charge on any atom is 0.307 e. The molecular weight excluding hydrogens is 198 g/mol. The molecule has 5 nitrogen and oxygen atoms in total. The summed E-state index contributed by atoms with van der Waals surface area (Å²) in [6.07, 6.45) is 1.51. The first kappa shape index (κ1) is 14.3. The SMILES string of the molecule is COCCC(CCOC)OC(=O)CCN. The van der Waals surface area contributed by atoms with Crippen LogP contribution in [0.3, 0.4) is 0 Å². The van der Waals surface area contributed by atoms with Crippen molar-refractivity contribution in [1.82, 2.24) is 0 Å². The third-order valence-corrected chi connectivity index (χ3v) is 1.93. The highest BCUT2D eigenvalue weighted by Gasteiger charge is 2.13. The molecule has 0 aromatic carbocycles. The molecule has 0 fully saturated rings. The third kappa shape index (κ3) is 8.35. The summed E-state index contributed by atoms with van der Waals surface area (Å²) in [5, 5.41) is 0. The zero-order valence-electron chi connectivity index (χ0n) is 9.53. The second-order valence-electron chi connectivity index (χ2n) is 3.21. The van der Waals surface area contributed by atoms with Crippen LogP contribution in [0.25, 0.3) is 0 Å². The smallest absolute Gasteiger partial charge is 0.307 e. The molecule has 0 aliphatic heterocycles. The van der Waals surface area contributed by atoms with E-state index in [1.165, 1.54) is 0 Å². The van der Waals surface area contributed by atoms with Crippen LogP contribution in [-0.4, -0.2) is 46.1 Å². The van der Waals surface area contributed by atoms with E-state index in [2.05, 4.69) is 0 Å². The summed E-state index contributed by atoms with van der Waals surface area (Å²) >= 11 is 0. The molecule has 0 bridgehead atoms. The van der Waals surface area contributed by atoms with E-state index in [1.54, 1.807) is 14.2 Å². The van der Waals surface area contributed by atoms with E-state index in [9.17, 15) is 4.79 Å². The number of hydrogen-bond acceptors (Lipinski definition) is 5. The van der Waals surface area contributed by atoms with Crippen LogP contribution in [0.2, 0.25) is 0 Å². The van der Waals surface area contributed by atoms with Gasteiger partial charge in [-0.2, -0.15) is 0 Å². The molecule has 0 saturated heterocycles. The molecule has 0 amide bonds. The Labute approximate surface area is 90.9 Å². The van der Waals surface area contributed by atoms with Gasteiger partial charge in [-0.25, -0.2) is 0 Å². The van der Waals surface area contributed by atoms with Gasteiger partial charge < -0.3 is 19.9 Å². The molecule has 0 aromatic heterocycles. The van der Waals surface area contributed by atoms with E-state index in [-0.39, 0.29) is 18.5 Å². The van der Waals surface area contributed by atoms with Gasteiger partial charge in [0.25, 0.3) is 0 Å². The molecule has 0 unspecified atom stereocenters. The summed E-state index contributed by atoms with van der Waals surface area (Å²) in [6, 6.07) is 0. The van der Waals surface area contributed by atoms with Crippen LogP contribution in [0.4, 0.5) is 0 Å². The minimum absolute atomic E-state index is 0.135. The Hall–Kier alpha value is -0.650. The topological polar surface area (TPSA) is 70.8 Å². The van der Waals surface area contributed by atoms with E-state index in [1.807, 2.05) is 0 Å². The zero-order valence-corrected chi connectivity index (χ0v) is 9.53. The van der Waals surface area contributed by atoms with Gasteiger partial charge in [0.15, 0.2) is 0 Å². The van der Waals surface area contributed by atoms with Gasteiger partial charge in [-0.3, -0.25) is 4.79 Å². The summed E-state index contributed by atoms with van der Waals surface area (Å²) in [5.74, 6) is -0.255. The highest BCUT2D eigenvalue weighted by Crippen LogP contribution is 2.06. The molecule has 15 heavy (non-hydrogen) atoms. The molecule has 0 atom stereocenters. The van der Waals surface area contributed by atoms with Crippen LogP contribution in [-0.2, 0) is 19.0 Å². The molecule has 0 rings (SSSR count). The molecule has 0 aromatic rings. The van der Waals surface area contributed by atoms with Crippen molar-refractivity contribution in [3.05, 3.63) is 0 Å². The standard InChI is InChI=1S/C10H21NO4/c1-13-7-4-9(5-8-14-2)15-10(12)3-6-11/h9H,3-8,11H2,1-2H3. The molecule has 5 heteroatoms. The molecular formula is C10H21NO4. The summed E-state index contributed by atoms with van der Waals surface area (Å²) in [4.78, 5) is 11.2. The Morgan fingerprint density at radius 1 is 1.20 bits per heavy atom. The Balaban J connectivity index is 3.82. The number of carbonyl (C=O) groups excluding carboxylic acids is 1. The Morgan fingerprint density at radius 3 is 2.13 bits per heavy atom. The first-order valence-electron chi connectivity index (χ1n) is 5.12. The van der Waals surface area contributed by atoms with Gasteiger partial charge in [0.1, 0.15) is 6.10 Å². The lowest BCUT2D eigenvalue weighted by atomic mass is 10.2. The van der Waals surface area contributed by atoms with Crippen molar-refractivity contribution in [3.8, 4) is 0 Å². The fraction of sp³-hybridized carbons (Fsp3) is 0.900. The van der Waals surface area contributed by atoms with Crippen LogP contribution in [0.1, 0.15) is 19.3 Å². The van der Waals surface area contributed by atoms with E-state index < -0.39 is 0 Å². The molecule has 0 heterocycles. The number of nitrogens with two attached hydrogens (primary N) is 1. The summed E-state index contributed by atoms with van der Waals surface area (Å²) < 4.78 is 15.1. The number of carbonyl (C=O) groups is 1. The zero-order chi connectivity index (χ0) is 11.5. The van der Waals surface area contributed by atoms with E-state index in [0.717, 1.165) is 0 Å².